The van der Waals surface area contributed by atoms with Gasteiger partial charge in [-0.1, -0.05) is 6.92 Å². The van der Waals surface area contributed by atoms with Gasteiger partial charge < -0.3 is 10.6 Å². The van der Waals surface area contributed by atoms with Crippen LogP contribution in [0.3, 0.4) is 0 Å². The first-order valence-corrected chi connectivity index (χ1v) is 5.20. The average Bonchev–Trinajstić information content (AvgIpc) is 2.75. The fourth-order valence-electron chi connectivity index (χ4n) is 1.92. The van der Waals surface area contributed by atoms with Gasteiger partial charge >= 0.3 is 0 Å². The van der Waals surface area contributed by atoms with E-state index in [1.807, 2.05) is 0 Å². The second-order valence-corrected chi connectivity index (χ2v) is 4.81. The maximum Gasteiger partial charge on any atom is 0.00179 e. The van der Waals surface area contributed by atoms with Gasteiger partial charge in [-0.15, -0.1) is 0 Å². The van der Waals surface area contributed by atoms with Crippen molar-refractivity contribution in [3.8, 4) is 0 Å². The molecule has 1 saturated carbocycles. The van der Waals surface area contributed by atoms with Crippen molar-refractivity contribution in [2.24, 2.45) is 11.3 Å². The normalized spacial score (nSPS) is 35.8. The van der Waals surface area contributed by atoms with E-state index in [9.17, 15) is 0 Å². The molecule has 0 aromatic carbocycles. The number of hydrogen-bond acceptors (Lipinski definition) is 2. The lowest BCUT2D eigenvalue weighted by Gasteiger charge is -2.22. The third-order valence-electron chi connectivity index (χ3n) is 3.14. The van der Waals surface area contributed by atoms with E-state index >= 15 is 0 Å². The van der Waals surface area contributed by atoms with Crippen LogP contribution in [0.4, 0.5) is 0 Å². The highest BCUT2D eigenvalue weighted by Crippen LogP contribution is 2.28. The summed E-state index contributed by atoms with van der Waals surface area (Å²) in [7, 11) is 0. The summed E-state index contributed by atoms with van der Waals surface area (Å²) < 4.78 is 0. The fraction of sp³-hybridized carbons (Fsp3) is 1.00. The van der Waals surface area contributed by atoms with E-state index in [0.717, 1.165) is 5.92 Å². The molecule has 2 N–H and O–H groups in total. The third-order valence-corrected chi connectivity index (χ3v) is 3.14. The Morgan fingerprint density at radius 2 is 2.33 bits per heavy atom. The van der Waals surface area contributed by atoms with Crippen LogP contribution in [0.1, 0.15) is 26.2 Å². The summed E-state index contributed by atoms with van der Waals surface area (Å²) in [5.41, 5.74) is 0.537. The molecule has 1 heterocycles. The molecule has 12 heavy (non-hydrogen) atoms. The molecule has 0 radical (unpaired) electrons. The monoisotopic (exact) mass is 168 g/mol. The molecule has 1 atom stereocenters. The zero-order valence-electron chi connectivity index (χ0n) is 8.03. The van der Waals surface area contributed by atoms with Gasteiger partial charge in [0, 0.05) is 13.1 Å². The molecule has 0 amide bonds. The van der Waals surface area contributed by atoms with E-state index < -0.39 is 0 Å². The minimum atomic E-state index is 0.537. The highest BCUT2D eigenvalue weighted by Gasteiger charge is 2.29. The predicted molar refractivity (Wildman–Crippen MR) is 51.2 cm³/mol. The van der Waals surface area contributed by atoms with Gasteiger partial charge in [-0.3, -0.25) is 0 Å². The van der Waals surface area contributed by atoms with Crippen molar-refractivity contribution in [3.63, 3.8) is 0 Å². The number of hydrogen-bond donors (Lipinski definition) is 2. The molecular formula is C10H20N2. The van der Waals surface area contributed by atoms with E-state index in [1.54, 1.807) is 0 Å². The van der Waals surface area contributed by atoms with Crippen molar-refractivity contribution >= 4 is 0 Å². The zero-order valence-corrected chi connectivity index (χ0v) is 8.03. The van der Waals surface area contributed by atoms with Crippen molar-refractivity contribution in [2.45, 2.75) is 26.2 Å². The molecule has 2 aliphatic rings. The van der Waals surface area contributed by atoms with E-state index in [-0.39, 0.29) is 0 Å². The van der Waals surface area contributed by atoms with Crippen molar-refractivity contribution in [1.82, 2.24) is 10.6 Å². The molecule has 2 nitrogen and oxygen atoms in total. The quantitative estimate of drug-likeness (QED) is 0.654. The molecule has 1 aliphatic carbocycles. The van der Waals surface area contributed by atoms with Gasteiger partial charge in [-0.25, -0.2) is 0 Å². The lowest BCUT2D eigenvalue weighted by atomic mass is 9.90. The molecule has 0 spiro atoms. The van der Waals surface area contributed by atoms with E-state index in [1.165, 1.54) is 45.4 Å². The standard InChI is InChI=1S/C10H20N2/c1-10(4-5-11-7-10)8-12-6-9-2-3-9/h9,11-12H,2-8H2,1H3. The van der Waals surface area contributed by atoms with Crippen molar-refractivity contribution < 1.29 is 0 Å². The molecule has 1 aliphatic heterocycles. The third kappa shape index (κ3) is 2.20. The summed E-state index contributed by atoms with van der Waals surface area (Å²) in [5, 5.41) is 7.02. The molecule has 70 valence electrons. The maximum absolute atomic E-state index is 3.59. The Kier molecular flexibility index (Phi) is 2.37. The zero-order chi connectivity index (χ0) is 8.44. The molecule has 2 fully saturated rings. The lowest BCUT2D eigenvalue weighted by Crippen LogP contribution is -2.34. The molecule has 1 saturated heterocycles. The molecule has 2 heteroatoms. The smallest absolute Gasteiger partial charge is 0.00179 e. The Morgan fingerprint density at radius 1 is 1.50 bits per heavy atom. The van der Waals surface area contributed by atoms with Crippen LogP contribution in [0.25, 0.3) is 0 Å². The van der Waals surface area contributed by atoms with Gasteiger partial charge in [0.2, 0.25) is 0 Å². The number of nitrogens with one attached hydrogen (secondary N) is 2. The van der Waals surface area contributed by atoms with Crippen LogP contribution in [-0.4, -0.2) is 26.2 Å². The maximum atomic E-state index is 3.59. The van der Waals surface area contributed by atoms with E-state index in [0.29, 0.717) is 5.41 Å². The Bertz CT molecular complexity index is 146. The molecule has 1 unspecified atom stereocenters. The van der Waals surface area contributed by atoms with Crippen molar-refractivity contribution in [1.29, 1.82) is 0 Å². The topological polar surface area (TPSA) is 24.1 Å². The Hall–Kier alpha value is -0.0800. The highest BCUT2D eigenvalue weighted by molar-refractivity contribution is 4.86. The summed E-state index contributed by atoms with van der Waals surface area (Å²) in [6.45, 7) is 7.26. The van der Waals surface area contributed by atoms with Crippen molar-refractivity contribution in [2.75, 3.05) is 26.2 Å². The van der Waals surface area contributed by atoms with Gasteiger partial charge in [0.25, 0.3) is 0 Å². The van der Waals surface area contributed by atoms with Gasteiger partial charge in [0.15, 0.2) is 0 Å². The Labute approximate surface area is 75.1 Å². The summed E-state index contributed by atoms with van der Waals surface area (Å²) >= 11 is 0. The molecule has 0 aromatic heterocycles. The molecular weight excluding hydrogens is 148 g/mol. The van der Waals surface area contributed by atoms with Crippen LogP contribution in [0.15, 0.2) is 0 Å². The molecule has 0 bridgehead atoms. The van der Waals surface area contributed by atoms with Crippen LogP contribution >= 0.6 is 0 Å². The Morgan fingerprint density at radius 3 is 2.92 bits per heavy atom. The second kappa shape index (κ2) is 3.35. The molecule has 0 aromatic rings. The first-order valence-electron chi connectivity index (χ1n) is 5.20. The highest BCUT2D eigenvalue weighted by atomic mass is 15.0. The van der Waals surface area contributed by atoms with Gasteiger partial charge in [-0.2, -0.15) is 0 Å². The second-order valence-electron chi connectivity index (χ2n) is 4.81. The van der Waals surface area contributed by atoms with Crippen LogP contribution in [-0.2, 0) is 0 Å². The Balaban J connectivity index is 1.63. The minimum Gasteiger partial charge on any atom is -0.316 e. The first kappa shape index (κ1) is 8.52. The number of rotatable bonds is 4. The largest absolute Gasteiger partial charge is 0.316 e. The van der Waals surface area contributed by atoms with Gasteiger partial charge in [0.05, 0.1) is 0 Å². The summed E-state index contributed by atoms with van der Waals surface area (Å²) in [5.74, 6) is 1.02. The van der Waals surface area contributed by atoms with Crippen LogP contribution in [0.5, 0.6) is 0 Å². The molecule has 2 rings (SSSR count). The minimum absolute atomic E-state index is 0.537. The predicted octanol–water partition coefficient (Wildman–Crippen LogP) is 0.986. The average molecular weight is 168 g/mol. The summed E-state index contributed by atoms with van der Waals surface area (Å²) in [6, 6.07) is 0. The van der Waals surface area contributed by atoms with Crippen molar-refractivity contribution in [3.05, 3.63) is 0 Å². The van der Waals surface area contributed by atoms with Gasteiger partial charge in [0.1, 0.15) is 0 Å². The SMILES string of the molecule is CC1(CNCC2CC2)CCNC1. The van der Waals surface area contributed by atoms with Gasteiger partial charge in [-0.05, 0) is 43.7 Å². The summed E-state index contributed by atoms with van der Waals surface area (Å²) in [4.78, 5) is 0. The van der Waals surface area contributed by atoms with Crippen LogP contribution in [0.2, 0.25) is 0 Å². The van der Waals surface area contributed by atoms with Crippen LogP contribution < -0.4 is 10.6 Å². The van der Waals surface area contributed by atoms with Crippen LogP contribution in [0, 0.1) is 11.3 Å². The van der Waals surface area contributed by atoms with E-state index in [4.69, 9.17) is 0 Å². The first-order chi connectivity index (χ1) is 5.79. The lowest BCUT2D eigenvalue weighted by molar-refractivity contribution is 0.338. The fourth-order valence-corrected chi connectivity index (χ4v) is 1.92. The summed E-state index contributed by atoms with van der Waals surface area (Å²) in [6.07, 6.45) is 4.26. The van der Waals surface area contributed by atoms with E-state index in [2.05, 4.69) is 17.6 Å².